The summed E-state index contributed by atoms with van der Waals surface area (Å²) in [7, 11) is 0. The Labute approximate surface area is 90.0 Å². The SMILES string of the molecule is CC1C(=[N+]=[N-])CCCN1c1ccccc1. The fraction of sp³-hybridized carbons (Fsp3) is 0.417. The first kappa shape index (κ1) is 9.94. The second kappa shape index (κ2) is 4.28. The Morgan fingerprint density at radius 2 is 2.07 bits per heavy atom. The van der Waals surface area contributed by atoms with Gasteiger partial charge in [0.25, 0.3) is 5.71 Å². The lowest BCUT2D eigenvalue weighted by molar-refractivity contribution is -0.0140. The first-order valence-electron chi connectivity index (χ1n) is 5.35. The van der Waals surface area contributed by atoms with E-state index in [0.717, 1.165) is 25.1 Å². The number of rotatable bonds is 1. The molecule has 1 saturated heterocycles. The quantitative estimate of drug-likeness (QED) is 0.508. The summed E-state index contributed by atoms with van der Waals surface area (Å²) in [6.07, 6.45) is 1.96. The second-order valence-corrected chi connectivity index (χ2v) is 3.90. The fourth-order valence-electron chi connectivity index (χ4n) is 2.12. The molecule has 1 aromatic rings. The smallest absolute Gasteiger partial charge is 0.290 e. The van der Waals surface area contributed by atoms with Crippen molar-refractivity contribution in [2.75, 3.05) is 11.4 Å². The van der Waals surface area contributed by atoms with Crippen molar-refractivity contribution in [2.45, 2.75) is 25.8 Å². The Kier molecular flexibility index (Phi) is 2.84. The summed E-state index contributed by atoms with van der Waals surface area (Å²) in [5.74, 6) is 0. The first-order chi connectivity index (χ1) is 7.33. The molecule has 1 heterocycles. The van der Waals surface area contributed by atoms with Crippen molar-refractivity contribution in [3.63, 3.8) is 0 Å². The monoisotopic (exact) mass is 201 g/mol. The first-order valence-corrected chi connectivity index (χ1v) is 5.35. The van der Waals surface area contributed by atoms with Crippen molar-refractivity contribution in [3.05, 3.63) is 35.9 Å². The van der Waals surface area contributed by atoms with E-state index in [1.807, 2.05) is 18.2 Å². The molecule has 0 spiro atoms. The summed E-state index contributed by atoms with van der Waals surface area (Å²) >= 11 is 0. The van der Waals surface area contributed by atoms with Gasteiger partial charge >= 0.3 is 0 Å². The van der Waals surface area contributed by atoms with Crippen LogP contribution in [-0.2, 0) is 0 Å². The molecule has 2 rings (SSSR count). The summed E-state index contributed by atoms with van der Waals surface area (Å²) < 4.78 is 0. The molecule has 1 aromatic carbocycles. The van der Waals surface area contributed by atoms with Crippen LogP contribution in [-0.4, -0.2) is 23.1 Å². The largest absolute Gasteiger partial charge is 0.362 e. The highest BCUT2D eigenvalue weighted by atomic mass is 15.2. The van der Waals surface area contributed by atoms with E-state index in [-0.39, 0.29) is 6.04 Å². The van der Waals surface area contributed by atoms with Crippen LogP contribution in [0.25, 0.3) is 5.53 Å². The third kappa shape index (κ3) is 1.92. The van der Waals surface area contributed by atoms with Crippen LogP contribution < -0.4 is 4.90 Å². The van der Waals surface area contributed by atoms with Crippen LogP contribution in [0.15, 0.2) is 30.3 Å². The summed E-state index contributed by atoms with van der Waals surface area (Å²) in [6, 6.07) is 10.5. The lowest BCUT2D eigenvalue weighted by Crippen LogP contribution is -2.44. The molecule has 1 atom stereocenters. The highest BCUT2D eigenvalue weighted by molar-refractivity contribution is 5.88. The molecule has 1 aliphatic heterocycles. The standard InChI is InChI=1S/C12H15N3/c1-10-12(14-13)8-5-9-15(10)11-6-3-2-4-7-11/h2-4,6-7,10H,5,8-9H2,1H3. The van der Waals surface area contributed by atoms with Gasteiger partial charge in [0.2, 0.25) is 0 Å². The minimum Gasteiger partial charge on any atom is -0.362 e. The van der Waals surface area contributed by atoms with E-state index >= 15 is 0 Å². The van der Waals surface area contributed by atoms with E-state index in [0.29, 0.717) is 0 Å². The van der Waals surface area contributed by atoms with Crippen LogP contribution in [0.2, 0.25) is 0 Å². The van der Waals surface area contributed by atoms with Gasteiger partial charge in [-0.3, -0.25) is 0 Å². The molecule has 15 heavy (non-hydrogen) atoms. The number of piperidine rings is 1. The van der Waals surface area contributed by atoms with E-state index in [1.165, 1.54) is 5.69 Å². The van der Waals surface area contributed by atoms with Crippen molar-refractivity contribution < 1.29 is 4.79 Å². The van der Waals surface area contributed by atoms with Crippen LogP contribution in [0.4, 0.5) is 5.69 Å². The van der Waals surface area contributed by atoms with E-state index < -0.39 is 0 Å². The van der Waals surface area contributed by atoms with Crippen LogP contribution in [0.1, 0.15) is 19.8 Å². The Morgan fingerprint density at radius 1 is 1.33 bits per heavy atom. The van der Waals surface area contributed by atoms with Gasteiger partial charge in [-0.05, 0) is 25.5 Å². The predicted octanol–water partition coefficient (Wildman–Crippen LogP) is 2.35. The predicted molar refractivity (Wildman–Crippen MR) is 61.1 cm³/mol. The highest BCUT2D eigenvalue weighted by Crippen LogP contribution is 2.21. The molecule has 1 unspecified atom stereocenters. The topological polar surface area (TPSA) is 39.6 Å². The van der Waals surface area contributed by atoms with E-state index in [4.69, 9.17) is 5.53 Å². The normalized spacial score (nSPS) is 21.3. The minimum atomic E-state index is 0.200. The van der Waals surface area contributed by atoms with Crippen molar-refractivity contribution in [3.8, 4) is 0 Å². The molecule has 0 amide bonds. The van der Waals surface area contributed by atoms with Crippen molar-refractivity contribution in [1.29, 1.82) is 0 Å². The molecular weight excluding hydrogens is 186 g/mol. The fourth-order valence-corrected chi connectivity index (χ4v) is 2.12. The van der Waals surface area contributed by atoms with Crippen molar-refractivity contribution in [2.24, 2.45) is 0 Å². The molecular formula is C12H15N3. The van der Waals surface area contributed by atoms with Gasteiger partial charge in [-0.15, -0.1) is 0 Å². The van der Waals surface area contributed by atoms with Gasteiger partial charge in [0.05, 0.1) is 0 Å². The zero-order valence-electron chi connectivity index (χ0n) is 8.93. The van der Waals surface area contributed by atoms with Gasteiger partial charge in [0.15, 0.2) is 0 Å². The maximum atomic E-state index is 8.89. The molecule has 78 valence electrons. The number of anilines is 1. The Balaban J connectivity index is 2.26. The van der Waals surface area contributed by atoms with E-state index in [1.54, 1.807) is 0 Å². The number of hydrogen-bond donors (Lipinski definition) is 0. The molecule has 0 aromatic heterocycles. The zero-order chi connectivity index (χ0) is 10.7. The van der Waals surface area contributed by atoms with Crippen LogP contribution in [0.5, 0.6) is 0 Å². The molecule has 0 aliphatic carbocycles. The number of hydrogen-bond acceptors (Lipinski definition) is 1. The molecule has 3 heteroatoms. The molecule has 0 radical (unpaired) electrons. The summed E-state index contributed by atoms with van der Waals surface area (Å²) in [5, 5.41) is 0. The Bertz CT molecular complexity index is 379. The van der Waals surface area contributed by atoms with Crippen LogP contribution in [0.3, 0.4) is 0 Å². The third-order valence-corrected chi connectivity index (χ3v) is 3.00. The molecule has 1 fully saturated rings. The molecule has 1 aliphatic rings. The average Bonchev–Trinajstić information content (AvgIpc) is 2.30. The maximum absolute atomic E-state index is 8.89. The van der Waals surface area contributed by atoms with Crippen molar-refractivity contribution in [1.82, 2.24) is 0 Å². The van der Waals surface area contributed by atoms with E-state index in [9.17, 15) is 0 Å². The lowest BCUT2D eigenvalue weighted by atomic mass is 10.0. The zero-order valence-corrected chi connectivity index (χ0v) is 8.93. The number of benzene rings is 1. The summed E-state index contributed by atoms with van der Waals surface area (Å²) in [5.41, 5.74) is 11.0. The average molecular weight is 201 g/mol. The third-order valence-electron chi connectivity index (χ3n) is 3.00. The van der Waals surface area contributed by atoms with E-state index in [2.05, 4.69) is 28.7 Å². The van der Waals surface area contributed by atoms with Gasteiger partial charge in [-0.1, -0.05) is 18.2 Å². The molecule has 3 nitrogen and oxygen atoms in total. The summed E-state index contributed by atoms with van der Waals surface area (Å²) in [6.45, 7) is 3.12. The Hall–Kier alpha value is -1.60. The second-order valence-electron chi connectivity index (χ2n) is 3.90. The van der Waals surface area contributed by atoms with Gasteiger partial charge in [0, 0.05) is 18.7 Å². The van der Waals surface area contributed by atoms with Crippen LogP contribution in [0, 0.1) is 0 Å². The molecule has 0 saturated carbocycles. The molecule has 0 N–H and O–H groups in total. The van der Waals surface area contributed by atoms with Crippen LogP contribution >= 0.6 is 0 Å². The highest BCUT2D eigenvalue weighted by Gasteiger charge is 2.29. The minimum absolute atomic E-state index is 0.200. The number of nitrogens with zero attached hydrogens (tertiary/aromatic N) is 3. The molecule has 0 bridgehead atoms. The lowest BCUT2D eigenvalue weighted by Gasteiger charge is -2.32. The Morgan fingerprint density at radius 3 is 2.73 bits per heavy atom. The maximum Gasteiger partial charge on any atom is 0.290 e. The number of para-hydroxylation sites is 1. The van der Waals surface area contributed by atoms with Gasteiger partial charge in [-0.2, -0.15) is 4.79 Å². The van der Waals surface area contributed by atoms with Crippen molar-refractivity contribution >= 4 is 11.4 Å². The summed E-state index contributed by atoms with van der Waals surface area (Å²) in [4.78, 5) is 5.66. The van der Waals surface area contributed by atoms with Gasteiger partial charge in [-0.25, -0.2) is 0 Å². The van der Waals surface area contributed by atoms with Gasteiger partial charge in [0.1, 0.15) is 6.04 Å². The van der Waals surface area contributed by atoms with Gasteiger partial charge < -0.3 is 10.4 Å².